The summed E-state index contributed by atoms with van der Waals surface area (Å²) in [5.41, 5.74) is 0. The summed E-state index contributed by atoms with van der Waals surface area (Å²) in [5, 5.41) is 0. The molecule has 0 aliphatic heterocycles. The van der Waals surface area contributed by atoms with Gasteiger partial charge in [0.05, 0.1) is 0 Å². The Morgan fingerprint density at radius 2 is 1.25 bits per heavy atom. The average molecular weight is 388 g/mol. The zero-order valence-corrected chi connectivity index (χ0v) is 15.6. The Bertz CT molecular complexity index is 261. The molecule has 20 heavy (non-hydrogen) atoms. The molecular weight excluding hydrogens is 355 g/mol. The second-order valence-corrected chi connectivity index (χ2v) is 7.57. The highest BCUT2D eigenvalue weighted by Crippen LogP contribution is 2.10. The van der Waals surface area contributed by atoms with Crippen LogP contribution in [0.1, 0.15) is 78.1 Å². The highest BCUT2D eigenvalue weighted by molar-refractivity contribution is 14.1. The van der Waals surface area contributed by atoms with Gasteiger partial charge in [0.1, 0.15) is 0 Å². The second-order valence-electron chi connectivity index (χ2n) is 5.45. The number of hydrogen-bond acceptors (Lipinski definition) is 0. The quantitative estimate of drug-likeness (QED) is 0.133. The molecule has 0 radical (unpaired) electrons. The van der Waals surface area contributed by atoms with Gasteiger partial charge in [0.2, 0.25) is 0 Å². The van der Waals surface area contributed by atoms with Crippen molar-refractivity contribution >= 4 is 22.6 Å². The Kier molecular flexibility index (Phi) is 17.0. The molecule has 0 saturated heterocycles. The fourth-order valence-corrected chi connectivity index (χ4v) is 2.42. The van der Waals surface area contributed by atoms with E-state index in [0.29, 0.717) is 0 Å². The number of hydrogen-bond donors (Lipinski definition) is 0. The summed E-state index contributed by atoms with van der Waals surface area (Å²) in [6.45, 7) is 4.55. The van der Waals surface area contributed by atoms with Crippen LogP contribution in [0.3, 0.4) is 0 Å². The van der Waals surface area contributed by atoms with E-state index in [9.17, 15) is 0 Å². The lowest BCUT2D eigenvalue weighted by molar-refractivity contribution is 0.693. The van der Waals surface area contributed by atoms with Crippen LogP contribution in [0.25, 0.3) is 0 Å². The van der Waals surface area contributed by atoms with Crippen LogP contribution in [-0.4, -0.2) is 3.92 Å². The Hall–Kier alpha value is -0.0500. The molecule has 0 amide bonds. The van der Waals surface area contributed by atoms with Crippen LogP contribution < -0.4 is 0 Å². The summed E-state index contributed by atoms with van der Waals surface area (Å²) in [6.07, 6.45) is 26.6. The monoisotopic (exact) mass is 388 g/mol. The average Bonchev–Trinajstić information content (AvgIpc) is 2.43. The minimum Gasteiger partial charge on any atom is -0.0882 e. The highest BCUT2D eigenvalue weighted by atomic mass is 127. The van der Waals surface area contributed by atoms with Crippen molar-refractivity contribution in [2.45, 2.75) is 82.0 Å². The number of unbranched alkanes of at least 4 members (excludes halogenated alkanes) is 5. The van der Waals surface area contributed by atoms with E-state index in [4.69, 9.17) is 0 Å². The van der Waals surface area contributed by atoms with E-state index in [2.05, 4.69) is 72.9 Å². The van der Waals surface area contributed by atoms with Crippen molar-refractivity contribution in [2.24, 2.45) is 0 Å². The second kappa shape index (κ2) is 17.0. The lowest BCUT2D eigenvalue weighted by Crippen LogP contribution is -1.88. The van der Waals surface area contributed by atoms with Gasteiger partial charge in [0.25, 0.3) is 0 Å². The normalized spacial score (nSPS) is 13.9. The summed E-state index contributed by atoms with van der Waals surface area (Å²) in [4.78, 5) is 0. The van der Waals surface area contributed by atoms with Crippen LogP contribution >= 0.6 is 22.6 Å². The first-order valence-corrected chi connectivity index (χ1v) is 9.61. The van der Waals surface area contributed by atoms with Crippen molar-refractivity contribution in [1.82, 2.24) is 0 Å². The molecule has 0 aromatic carbocycles. The van der Waals surface area contributed by atoms with Crippen LogP contribution in [0.5, 0.6) is 0 Å². The fourth-order valence-electron chi connectivity index (χ4n) is 1.98. The van der Waals surface area contributed by atoms with Gasteiger partial charge >= 0.3 is 0 Å². The Labute approximate surface area is 141 Å². The van der Waals surface area contributed by atoms with E-state index in [1.54, 1.807) is 0 Å². The van der Waals surface area contributed by atoms with Crippen molar-refractivity contribution < 1.29 is 0 Å². The Balaban J connectivity index is 3.30. The maximum absolute atomic E-state index is 2.51. The summed E-state index contributed by atoms with van der Waals surface area (Å²) >= 11 is 2.51. The number of rotatable bonds is 13. The molecule has 0 aliphatic carbocycles. The van der Waals surface area contributed by atoms with Crippen molar-refractivity contribution in [3.63, 3.8) is 0 Å². The molecule has 0 N–H and O–H groups in total. The van der Waals surface area contributed by atoms with Crippen molar-refractivity contribution in [3.05, 3.63) is 36.5 Å². The minimum atomic E-state index is 0.828. The van der Waals surface area contributed by atoms with Gasteiger partial charge < -0.3 is 0 Å². The Morgan fingerprint density at radius 3 is 1.75 bits per heavy atom. The predicted molar refractivity (Wildman–Crippen MR) is 103 cm³/mol. The van der Waals surface area contributed by atoms with Crippen LogP contribution in [-0.2, 0) is 0 Å². The molecule has 0 spiro atoms. The third-order valence-electron chi connectivity index (χ3n) is 3.24. The van der Waals surface area contributed by atoms with Gasteiger partial charge in [-0.1, -0.05) is 92.2 Å². The van der Waals surface area contributed by atoms with Crippen LogP contribution in [0.2, 0.25) is 0 Å². The molecule has 0 saturated carbocycles. The largest absolute Gasteiger partial charge is 0.0882 e. The third-order valence-corrected chi connectivity index (χ3v) is 3.86. The lowest BCUT2D eigenvalue weighted by atomic mass is 10.1. The first kappa shape index (κ1) is 19.9. The van der Waals surface area contributed by atoms with Gasteiger partial charge in [0.15, 0.2) is 0 Å². The highest BCUT2D eigenvalue weighted by Gasteiger charge is 1.93. The van der Waals surface area contributed by atoms with Gasteiger partial charge in [-0.2, -0.15) is 0 Å². The van der Waals surface area contributed by atoms with Gasteiger partial charge in [-0.3, -0.25) is 0 Å². The minimum absolute atomic E-state index is 0.828. The maximum Gasteiger partial charge on any atom is 0.00813 e. The predicted octanol–water partition coefficient (Wildman–Crippen LogP) is 7.40. The molecule has 0 aromatic heterocycles. The van der Waals surface area contributed by atoms with Crippen LogP contribution in [0.15, 0.2) is 36.5 Å². The molecule has 0 aromatic rings. The Morgan fingerprint density at radius 1 is 0.750 bits per heavy atom. The summed E-state index contributed by atoms with van der Waals surface area (Å²) in [6, 6.07) is 0. The summed E-state index contributed by atoms with van der Waals surface area (Å²) < 4.78 is 0.828. The van der Waals surface area contributed by atoms with E-state index in [1.807, 2.05) is 0 Å². The molecule has 0 nitrogen and oxygen atoms in total. The lowest BCUT2D eigenvalue weighted by Gasteiger charge is -2.00. The third kappa shape index (κ3) is 17.9. The topological polar surface area (TPSA) is 0 Å². The van der Waals surface area contributed by atoms with Crippen LogP contribution in [0, 0.1) is 0 Å². The van der Waals surface area contributed by atoms with E-state index >= 15 is 0 Å². The molecule has 116 valence electrons. The molecule has 1 heteroatoms. The molecule has 0 heterocycles. The van der Waals surface area contributed by atoms with E-state index in [0.717, 1.165) is 16.8 Å². The van der Waals surface area contributed by atoms with Gasteiger partial charge in [-0.15, -0.1) is 0 Å². The van der Waals surface area contributed by atoms with Crippen molar-refractivity contribution in [2.75, 3.05) is 0 Å². The standard InChI is InChI=1S/C19H33I/c1-3-4-5-6-7-8-9-10-11-12-13-14-15-16-17-18-19(2)20/h7-8,10-11,13-14,19H,3-6,9,12,15-18H2,1-2H3/b8-7-,11-10-,14-13-. The molecule has 1 atom stereocenters. The van der Waals surface area contributed by atoms with Crippen molar-refractivity contribution in [1.29, 1.82) is 0 Å². The van der Waals surface area contributed by atoms with Crippen molar-refractivity contribution in [3.8, 4) is 0 Å². The van der Waals surface area contributed by atoms with Crippen LogP contribution in [0.4, 0.5) is 0 Å². The number of allylic oxidation sites excluding steroid dienone is 6. The molecule has 1 unspecified atom stereocenters. The van der Waals surface area contributed by atoms with Gasteiger partial charge in [-0.25, -0.2) is 0 Å². The first-order chi connectivity index (χ1) is 9.77. The number of halogens is 1. The first-order valence-electron chi connectivity index (χ1n) is 8.36. The fraction of sp³-hybridized carbons (Fsp3) is 0.684. The molecule has 0 rings (SSSR count). The summed E-state index contributed by atoms with van der Waals surface area (Å²) in [5.74, 6) is 0. The zero-order chi connectivity index (χ0) is 14.9. The molecular formula is C19H33I. The van der Waals surface area contributed by atoms with E-state index in [1.165, 1.54) is 51.4 Å². The van der Waals surface area contributed by atoms with E-state index < -0.39 is 0 Å². The smallest absolute Gasteiger partial charge is 0.00813 e. The molecule has 0 bridgehead atoms. The van der Waals surface area contributed by atoms with Gasteiger partial charge in [0, 0.05) is 3.92 Å². The summed E-state index contributed by atoms with van der Waals surface area (Å²) in [7, 11) is 0. The van der Waals surface area contributed by atoms with E-state index in [-0.39, 0.29) is 0 Å². The molecule has 0 aliphatic rings. The SMILES string of the molecule is CCCCC/C=C\C/C=C\C/C=C\CCCCC(C)I. The molecule has 0 fully saturated rings. The number of alkyl halides is 1. The maximum atomic E-state index is 2.51. The zero-order valence-electron chi connectivity index (χ0n) is 13.5. The van der Waals surface area contributed by atoms with Gasteiger partial charge in [-0.05, 0) is 44.9 Å².